The Kier molecular flexibility index (Phi) is 5.71. The van der Waals surface area contributed by atoms with Crippen LogP contribution in [0.15, 0.2) is 93.2 Å². The van der Waals surface area contributed by atoms with E-state index in [-0.39, 0.29) is 5.56 Å². The van der Waals surface area contributed by atoms with Gasteiger partial charge < -0.3 is 9.15 Å². The number of aryl methyl sites for hydroxylation is 1. The minimum Gasteiger partial charge on any atom is -0.497 e. The van der Waals surface area contributed by atoms with E-state index in [9.17, 15) is 4.79 Å². The van der Waals surface area contributed by atoms with E-state index in [1.807, 2.05) is 85.8 Å². The summed E-state index contributed by atoms with van der Waals surface area (Å²) < 4.78 is 12.8. The lowest BCUT2D eigenvalue weighted by atomic mass is 10.2. The van der Waals surface area contributed by atoms with E-state index in [1.54, 1.807) is 11.7 Å². The topological polar surface area (TPSA) is 70.2 Å². The number of thioether (sulfide) groups is 1. The molecule has 0 saturated heterocycles. The van der Waals surface area contributed by atoms with Crippen molar-refractivity contribution in [3.05, 3.63) is 101 Å². The van der Waals surface area contributed by atoms with E-state index >= 15 is 0 Å². The Labute approximate surface area is 194 Å². The second-order valence-corrected chi connectivity index (χ2v) is 8.37. The molecule has 33 heavy (non-hydrogen) atoms. The van der Waals surface area contributed by atoms with Crippen molar-refractivity contribution in [1.29, 1.82) is 0 Å². The van der Waals surface area contributed by atoms with Crippen molar-refractivity contribution in [1.82, 2.24) is 14.5 Å². The number of fused-ring (bicyclic) bond motifs is 1. The molecule has 0 radical (unpaired) electrons. The molecular formula is C26H21N3O3S. The molecule has 2 aromatic heterocycles. The lowest BCUT2D eigenvalue weighted by Gasteiger charge is -2.12. The lowest BCUT2D eigenvalue weighted by molar-refractivity contribution is 0.415. The van der Waals surface area contributed by atoms with Crippen LogP contribution >= 0.6 is 11.8 Å². The number of benzene rings is 3. The molecule has 0 unspecified atom stereocenters. The molecule has 0 bridgehead atoms. The number of aromatic nitrogens is 3. The van der Waals surface area contributed by atoms with E-state index in [4.69, 9.17) is 19.1 Å². The molecule has 0 N–H and O–H groups in total. The van der Waals surface area contributed by atoms with Gasteiger partial charge in [-0.15, -0.1) is 0 Å². The number of nitrogens with zero attached hydrogens (tertiary/aromatic N) is 3. The summed E-state index contributed by atoms with van der Waals surface area (Å²) in [6, 6.07) is 24.6. The van der Waals surface area contributed by atoms with E-state index in [1.165, 1.54) is 11.8 Å². The van der Waals surface area contributed by atoms with Gasteiger partial charge in [0, 0.05) is 11.3 Å². The van der Waals surface area contributed by atoms with Gasteiger partial charge in [0.15, 0.2) is 5.16 Å². The van der Waals surface area contributed by atoms with Crippen LogP contribution in [-0.4, -0.2) is 21.6 Å². The van der Waals surface area contributed by atoms with Crippen LogP contribution in [0.2, 0.25) is 0 Å². The van der Waals surface area contributed by atoms with Crippen molar-refractivity contribution in [3.63, 3.8) is 0 Å². The summed E-state index contributed by atoms with van der Waals surface area (Å²) >= 11 is 1.46. The summed E-state index contributed by atoms with van der Waals surface area (Å²) in [6.45, 7) is 1.90. The number of hydrogen-bond acceptors (Lipinski definition) is 6. The summed E-state index contributed by atoms with van der Waals surface area (Å²) in [5.74, 6) is 2.59. The molecular weight excluding hydrogens is 434 g/mol. The standard InChI is InChI=1S/C26H21N3O3S/c1-17-23(27-24(32-17)18-12-14-20(31-2)15-13-18)16-33-26-28-22-11-7-6-10-21(22)25(30)29(26)19-8-4-3-5-9-19/h3-15H,16H2,1-2H3. The highest BCUT2D eigenvalue weighted by Gasteiger charge is 2.16. The maximum absolute atomic E-state index is 13.3. The third kappa shape index (κ3) is 4.15. The Balaban J connectivity index is 1.50. The molecule has 0 amide bonds. The van der Waals surface area contributed by atoms with E-state index in [0.29, 0.717) is 27.7 Å². The first-order valence-electron chi connectivity index (χ1n) is 10.4. The fourth-order valence-electron chi connectivity index (χ4n) is 3.57. The van der Waals surface area contributed by atoms with E-state index in [2.05, 4.69) is 0 Å². The first-order valence-corrected chi connectivity index (χ1v) is 11.4. The molecule has 7 heteroatoms. The molecule has 6 nitrogen and oxygen atoms in total. The molecule has 164 valence electrons. The highest BCUT2D eigenvalue weighted by atomic mass is 32.2. The first-order chi connectivity index (χ1) is 16.1. The summed E-state index contributed by atoms with van der Waals surface area (Å²) in [6.07, 6.45) is 0. The maximum Gasteiger partial charge on any atom is 0.266 e. The molecule has 0 aliphatic carbocycles. The van der Waals surface area contributed by atoms with Crippen LogP contribution in [0.1, 0.15) is 11.5 Å². The van der Waals surface area contributed by atoms with Crippen LogP contribution in [-0.2, 0) is 5.75 Å². The predicted molar refractivity (Wildman–Crippen MR) is 130 cm³/mol. The minimum atomic E-state index is -0.0925. The fraction of sp³-hybridized carbons (Fsp3) is 0.115. The van der Waals surface area contributed by atoms with E-state index in [0.717, 1.165) is 28.5 Å². The average molecular weight is 456 g/mol. The van der Waals surface area contributed by atoms with E-state index < -0.39 is 0 Å². The van der Waals surface area contributed by atoms with Crippen molar-refractivity contribution in [2.75, 3.05) is 7.11 Å². The fourth-order valence-corrected chi connectivity index (χ4v) is 4.58. The number of hydrogen-bond donors (Lipinski definition) is 0. The van der Waals surface area contributed by atoms with Gasteiger partial charge in [0.05, 0.1) is 29.4 Å². The van der Waals surface area contributed by atoms with Gasteiger partial charge in [-0.3, -0.25) is 9.36 Å². The second-order valence-electron chi connectivity index (χ2n) is 7.43. The van der Waals surface area contributed by atoms with Gasteiger partial charge in [-0.05, 0) is 55.5 Å². The zero-order valence-corrected chi connectivity index (χ0v) is 19.0. The van der Waals surface area contributed by atoms with Crippen molar-refractivity contribution in [2.45, 2.75) is 17.8 Å². The number of para-hydroxylation sites is 2. The van der Waals surface area contributed by atoms with Gasteiger partial charge in [-0.1, -0.05) is 42.1 Å². The Hall–Kier alpha value is -3.84. The number of rotatable bonds is 6. The zero-order valence-electron chi connectivity index (χ0n) is 18.2. The Morgan fingerprint density at radius 1 is 0.939 bits per heavy atom. The molecule has 0 aliphatic rings. The number of ether oxygens (including phenoxy) is 1. The maximum atomic E-state index is 13.3. The van der Waals surface area contributed by atoms with Gasteiger partial charge in [-0.2, -0.15) is 0 Å². The normalized spacial score (nSPS) is 11.1. The molecule has 0 atom stereocenters. The summed E-state index contributed by atoms with van der Waals surface area (Å²) in [4.78, 5) is 22.8. The molecule has 2 heterocycles. The number of methoxy groups -OCH3 is 1. The molecule has 0 aliphatic heterocycles. The number of oxazole rings is 1. The van der Waals surface area contributed by atoms with Gasteiger partial charge in [0.1, 0.15) is 11.5 Å². The van der Waals surface area contributed by atoms with Crippen molar-refractivity contribution >= 4 is 22.7 Å². The van der Waals surface area contributed by atoms with Crippen LogP contribution in [0.5, 0.6) is 5.75 Å². The van der Waals surface area contributed by atoms with Gasteiger partial charge in [0.2, 0.25) is 5.89 Å². The van der Waals surface area contributed by atoms with Crippen LogP contribution < -0.4 is 10.3 Å². The first kappa shape index (κ1) is 21.0. The molecule has 0 saturated carbocycles. The van der Waals surface area contributed by atoms with Crippen molar-refractivity contribution in [2.24, 2.45) is 0 Å². The summed E-state index contributed by atoms with van der Waals surface area (Å²) in [5.41, 5.74) is 3.05. The highest BCUT2D eigenvalue weighted by molar-refractivity contribution is 7.98. The smallest absolute Gasteiger partial charge is 0.266 e. The average Bonchev–Trinajstić information content (AvgIpc) is 3.24. The lowest BCUT2D eigenvalue weighted by Crippen LogP contribution is -2.21. The molecule has 0 fully saturated rings. The third-order valence-electron chi connectivity index (χ3n) is 5.33. The van der Waals surface area contributed by atoms with Gasteiger partial charge in [-0.25, -0.2) is 9.97 Å². The van der Waals surface area contributed by atoms with Gasteiger partial charge in [0.25, 0.3) is 5.56 Å². The Morgan fingerprint density at radius 3 is 2.42 bits per heavy atom. The largest absolute Gasteiger partial charge is 0.497 e. The minimum absolute atomic E-state index is 0.0925. The molecule has 0 spiro atoms. The van der Waals surface area contributed by atoms with Crippen molar-refractivity contribution < 1.29 is 9.15 Å². The van der Waals surface area contributed by atoms with Gasteiger partial charge >= 0.3 is 0 Å². The van der Waals surface area contributed by atoms with Crippen LogP contribution in [0.25, 0.3) is 28.0 Å². The Bertz CT molecular complexity index is 1470. The van der Waals surface area contributed by atoms with Crippen molar-refractivity contribution in [3.8, 4) is 22.9 Å². The van der Waals surface area contributed by atoms with Crippen LogP contribution in [0, 0.1) is 6.92 Å². The summed E-state index contributed by atoms with van der Waals surface area (Å²) in [7, 11) is 1.63. The predicted octanol–water partition coefficient (Wildman–Crippen LogP) is 5.65. The highest BCUT2D eigenvalue weighted by Crippen LogP contribution is 2.29. The summed E-state index contributed by atoms with van der Waals surface area (Å²) in [5, 5.41) is 1.20. The second kappa shape index (κ2) is 8.96. The Morgan fingerprint density at radius 2 is 1.67 bits per heavy atom. The third-order valence-corrected chi connectivity index (χ3v) is 6.28. The molecule has 5 rings (SSSR count). The SMILES string of the molecule is COc1ccc(-c2nc(CSc3nc4ccccc4c(=O)n3-c3ccccc3)c(C)o2)cc1. The van der Waals surface area contributed by atoms with Crippen LogP contribution in [0.3, 0.4) is 0 Å². The molecule has 5 aromatic rings. The monoisotopic (exact) mass is 455 g/mol. The quantitative estimate of drug-likeness (QED) is 0.243. The van der Waals surface area contributed by atoms with Crippen LogP contribution in [0.4, 0.5) is 0 Å². The molecule has 3 aromatic carbocycles. The zero-order chi connectivity index (χ0) is 22.8.